The van der Waals surface area contributed by atoms with Crippen LogP contribution in [0.15, 0.2) is 30.3 Å². The molecule has 1 atom stereocenters. The highest BCUT2D eigenvalue weighted by Crippen LogP contribution is 2.39. The summed E-state index contributed by atoms with van der Waals surface area (Å²) in [6.07, 6.45) is 4.73. The average Bonchev–Trinajstić information content (AvgIpc) is 3.08. The van der Waals surface area contributed by atoms with E-state index in [9.17, 15) is 9.18 Å². The highest BCUT2D eigenvalue weighted by molar-refractivity contribution is 5.92. The summed E-state index contributed by atoms with van der Waals surface area (Å²) in [4.78, 5) is 14.8. The minimum atomic E-state index is -0.253. The van der Waals surface area contributed by atoms with E-state index in [0.29, 0.717) is 37.1 Å². The third-order valence-electron chi connectivity index (χ3n) is 6.39. The van der Waals surface area contributed by atoms with E-state index < -0.39 is 0 Å². The van der Waals surface area contributed by atoms with Gasteiger partial charge >= 0.3 is 0 Å². The standard InChI is InChI=1S/C23H30FN3O3/c1-17-15-21(26(2)25-17)22(28)27-11-9-23(10-12-27)16-18(8-14-30-23)7-13-29-20-5-3-19(24)4-6-20/h3-6,15,18H,7-14,16H2,1-2H3. The lowest BCUT2D eigenvalue weighted by Gasteiger charge is -2.46. The van der Waals surface area contributed by atoms with Crippen LogP contribution in [0.1, 0.15) is 48.3 Å². The number of likely N-dealkylation sites (tertiary alicyclic amines) is 1. The molecule has 2 aliphatic heterocycles. The highest BCUT2D eigenvalue weighted by Gasteiger charge is 2.41. The molecule has 1 unspecified atom stereocenters. The number of benzene rings is 1. The van der Waals surface area contributed by atoms with Gasteiger partial charge in [-0.15, -0.1) is 0 Å². The Labute approximate surface area is 177 Å². The Morgan fingerprint density at radius 2 is 2.03 bits per heavy atom. The van der Waals surface area contributed by atoms with Crippen molar-refractivity contribution in [3.63, 3.8) is 0 Å². The van der Waals surface area contributed by atoms with Crippen molar-refractivity contribution in [2.24, 2.45) is 13.0 Å². The fourth-order valence-corrected chi connectivity index (χ4v) is 4.69. The smallest absolute Gasteiger partial charge is 0.272 e. The number of aromatic nitrogens is 2. The number of hydrogen-bond acceptors (Lipinski definition) is 4. The minimum absolute atomic E-state index is 0.0491. The number of hydrogen-bond donors (Lipinski definition) is 0. The summed E-state index contributed by atoms with van der Waals surface area (Å²) >= 11 is 0. The quantitative estimate of drug-likeness (QED) is 0.747. The molecule has 2 aromatic rings. The van der Waals surface area contributed by atoms with Crippen LogP contribution in [0.3, 0.4) is 0 Å². The first-order chi connectivity index (χ1) is 14.4. The number of carbonyl (C=O) groups is 1. The van der Waals surface area contributed by atoms with Crippen LogP contribution in [0.25, 0.3) is 0 Å². The van der Waals surface area contributed by atoms with Gasteiger partial charge in [-0.1, -0.05) is 0 Å². The molecule has 4 rings (SSSR count). The van der Waals surface area contributed by atoms with E-state index in [4.69, 9.17) is 9.47 Å². The van der Waals surface area contributed by atoms with Crippen molar-refractivity contribution < 1.29 is 18.7 Å². The molecule has 7 heteroatoms. The molecule has 2 saturated heterocycles. The number of rotatable bonds is 5. The van der Waals surface area contributed by atoms with Crippen molar-refractivity contribution >= 4 is 5.91 Å². The number of ether oxygens (including phenoxy) is 2. The van der Waals surface area contributed by atoms with Gasteiger partial charge in [-0.25, -0.2) is 4.39 Å². The Morgan fingerprint density at radius 3 is 2.70 bits per heavy atom. The van der Waals surface area contributed by atoms with Crippen LogP contribution in [0.5, 0.6) is 5.75 Å². The predicted molar refractivity (Wildman–Crippen MR) is 111 cm³/mol. The van der Waals surface area contributed by atoms with E-state index in [0.717, 1.165) is 44.4 Å². The number of carbonyl (C=O) groups excluding carboxylic acids is 1. The van der Waals surface area contributed by atoms with Gasteiger partial charge in [-0.2, -0.15) is 5.10 Å². The second kappa shape index (κ2) is 8.76. The largest absolute Gasteiger partial charge is 0.494 e. The molecule has 2 aliphatic rings. The molecule has 0 bridgehead atoms. The third kappa shape index (κ3) is 4.67. The zero-order chi connectivity index (χ0) is 21.1. The third-order valence-corrected chi connectivity index (χ3v) is 6.39. The van der Waals surface area contributed by atoms with Gasteiger partial charge in [0, 0.05) is 26.7 Å². The lowest BCUT2D eigenvalue weighted by Crippen LogP contribution is -2.51. The van der Waals surface area contributed by atoms with Crippen LogP contribution >= 0.6 is 0 Å². The maximum atomic E-state index is 13.0. The molecule has 0 N–H and O–H groups in total. The molecule has 2 fully saturated rings. The van der Waals surface area contributed by atoms with Crippen molar-refractivity contribution in [2.75, 3.05) is 26.3 Å². The van der Waals surface area contributed by atoms with Crippen LogP contribution in [-0.4, -0.2) is 52.5 Å². The molecular formula is C23H30FN3O3. The maximum Gasteiger partial charge on any atom is 0.272 e. The Morgan fingerprint density at radius 1 is 1.30 bits per heavy atom. The Hall–Kier alpha value is -2.41. The molecule has 30 heavy (non-hydrogen) atoms. The summed E-state index contributed by atoms with van der Waals surface area (Å²) in [6.45, 7) is 4.70. The summed E-state index contributed by atoms with van der Waals surface area (Å²) in [5.41, 5.74) is 1.37. The van der Waals surface area contributed by atoms with E-state index >= 15 is 0 Å². The molecule has 6 nitrogen and oxygen atoms in total. The van der Waals surface area contributed by atoms with Gasteiger partial charge in [-0.3, -0.25) is 9.48 Å². The Kier molecular flexibility index (Phi) is 6.09. The summed E-state index contributed by atoms with van der Waals surface area (Å²) in [6, 6.07) is 8.01. The highest BCUT2D eigenvalue weighted by atomic mass is 19.1. The molecule has 3 heterocycles. The predicted octanol–water partition coefficient (Wildman–Crippen LogP) is 3.74. The number of nitrogens with zero attached hydrogens (tertiary/aromatic N) is 3. The van der Waals surface area contributed by atoms with E-state index in [1.165, 1.54) is 12.1 Å². The van der Waals surface area contributed by atoms with Crippen molar-refractivity contribution in [2.45, 2.75) is 44.6 Å². The number of aryl methyl sites for hydroxylation is 2. The SMILES string of the molecule is Cc1cc(C(=O)N2CCC3(CC2)CC(CCOc2ccc(F)cc2)CCO3)n(C)n1. The molecule has 0 aliphatic carbocycles. The normalized spacial score (nSPS) is 21.0. The van der Waals surface area contributed by atoms with Gasteiger partial charge in [-0.05, 0) is 75.3 Å². The molecule has 1 amide bonds. The van der Waals surface area contributed by atoms with Crippen LogP contribution < -0.4 is 4.74 Å². The second-order valence-corrected chi connectivity index (χ2v) is 8.57. The Bertz CT molecular complexity index is 872. The van der Waals surface area contributed by atoms with Crippen LogP contribution in [0.4, 0.5) is 4.39 Å². The fraction of sp³-hybridized carbons (Fsp3) is 0.565. The van der Waals surface area contributed by atoms with Gasteiger partial charge in [0.2, 0.25) is 0 Å². The first-order valence-electron chi connectivity index (χ1n) is 10.8. The first-order valence-corrected chi connectivity index (χ1v) is 10.8. The van der Waals surface area contributed by atoms with E-state index in [1.807, 2.05) is 24.9 Å². The number of piperidine rings is 1. The zero-order valence-electron chi connectivity index (χ0n) is 17.8. The lowest BCUT2D eigenvalue weighted by molar-refractivity contribution is -0.125. The van der Waals surface area contributed by atoms with Gasteiger partial charge in [0.05, 0.1) is 17.9 Å². The molecule has 1 aromatic carbocycles. The van der Waals surface area contributed by atoms with Gasteiger partial charge in [0.15, 0.2) is 0 Å². The van der Waals surface area contributed by atoms with Crippen LogP contribution in [0, 0.1) is 18.7 Å². The van der Waals surface area contributed by atoms with E-state index in [2.05, 4.69) is 5.10 Å². The van der Waals surface area contributed by atoms with Crippen molar-refractivity contribution in [3.8, 4) is 5.75 Å². The molecule has 0 saturated carbocycles. The van der Waals surface area contributed by atoms with Crippen molar-refractivity contribution in [1.82, 2.24) is 14.7 Å². The van der Waals surface area contributed by atoms with Crippen LogP contribution in [-0.2, 0) is 11.8 Å². The van der Waals surface area contributed by atoms with Crippen LogP contribution in [0.2, 0.25) is 0 Å². The van der Waals surface area contributed by atoms with Gasteiger partial charge in [0.1, 0.15) is 17.3 Å². The molecule has 0 radical (unpaired) electrons. The first kappa shape index (κ1) is 20.8. The molecule has 1 aromatic heterocycles. The Balaban J connectivity index is 1.27. The second-order valence-electron chi connectivity index (χ2n) is 8.57. The molecule has 1 spiro atoms. The summed E-state index contributed by atoms with van der Waals surface area (Å²) in [5.74, 6) is 1.04. The monoisotopic (exact) mass is 415 g/mol. The number of halogens is 1. The minimum Gasteiger partial charge on any atom is -0.494 e. The summed E-state index contributed by atoms with van der Waals surface area (Å²) in [5, 5.41) is 4.29. The van der Waals surface area contributed by atoms with Gasteiger partial charge in [0.25, 0.3) is 5.91 Å². The topological polar surface area (TPSA) is 56.6 Å². The molecule has 162 valence electrons. The average molecular weight is 416 g/mol. The van der Waals surface area contributed by atoms with Crippen molar-refractivity contribution in [3.05, 3.63) is 47.5 Å². The summed E-state index contributed by atoms with van der Waals surface area (Å²) in [7, 11) is 1.81. The summed E-state index contributed by atoms with van der Waals surface area (Å²) < 4.78 is 26.7. The lowest BCUT2D eigenvalue weighted by atomic mass is 9.78. The fourth-order valence-electron chi connectivity index (χ4n) is 4.69. The maximum absolute atomic E-state index is 13.0. The zero-order valence-corrected chi connectivity index (χ0v) is 17.8. The molecular weight excluding hydrogens is 385 g/mol. The van der Waals surface area contributed by atoms with E-state index in [1.54, 1.807) is 16.8 Å². The van der Waals surface area contributed by atoms with Crippen molar-refractivity contribution in [1.29, 1.82) is 0 Å². The van der Waals surface area contributed by atoms with Gasteiger partial charge < -0.3 is 14.4 Å². The number of amides is 1. The van der Waals surface area contributed by atoms with E-state index in [-0.39, 0.29) is 17.3 Å².